The second kappa shape index (κ2) is 7.50. The van der Waals surface area contributed by atoms with Gasteiger partial charge in [-0.05, 0) is 38.0 Å². The molecular formula is C16H26N2O2. The molecule has 1 heterocycles. The van der Waals surface area contributed by atoms with Gasteiger partial charge in [-0.25, -0.2) is 0 Å². The second-order valence-electron chi connectivity index (χ2n) is 5.26. The molecule has 0 aliphatic carbocycles. The Hall–Kier alpha value is -1.26. The van der Waals surface area contributed by atoms with Crippen LogP contribution in [0.5, 0.6) is 11.5 Å². The highest BCUT2D eigenvalue weighted by Gasteiger charge is 2.17. The van der Waals surface area contributed by atoms with Gasteiger partial charge < -0.3 is 14.8 Å². The van der Waals surface area contributed by atoms with Crippen molar-refractivity contribution in [3.05, 3.63) is 23.8 Å². The van der Waals surface area contributed by atoms with Crippen LogP contribution in [-0.4, -0.2) is 50.8 Å². The highest BCUT2D eigenvalue weighted by molar-refractivity contribution is 5.43. The molecular weight excluding hydrogens is 252 g/mol. The lowest BCUT2D eigenvalue weighted by molar-refractivity contribution is 0.183. The van der Waals surface area contributed by atoms with Gasteiger partial charge in [0, 0.05) is 32.2 Å². The molecule has 1 aromatic rings. The number of nitrogens with zero attached hydrogens (tertiary/aromatic N) is 1. The molecule has 1 N–H and O–H groups in total. The number of hydrogen-bond donors (Lipinski definition) is 1. The van der Waals surface area contributed by atoms with Crippen LogP contribution in [0.25, 0.3) is 0 Å². The second-order valence-corrected chi connectivity index (χ2v) is 5.26. The van der Waals surface area contributed by atoms with Crippen LogP contribution in [0, 0.1) is 0 Å². The minimum atomic E-state index is 0.555. The smallest absolute Gasteiger partial charge is 0.161 e. The van der Waals surface area contributed by atoms with Crippen molar-refractivity contribution in [2.75, 3.05) is 39.9 Å². The van der Waals surface area contributed by atoms with E-state index in [4.69, 9.17) is 9.47 Å². The molecule has 1 aliphatic rings. The zero-order valence-electron chi connectivity index (χ0n) is 12.8. The summed E-state index contributed by atoms with van der Waals surface area (Å²) in [7, 11) is 1.70. The van der Waals surface area contributed by atoms with E-state index in [0.717, 1.165) is 44.1 Å². The van der Waals surface area contributed by atoms with Crippen LogP contribution in [-0.2, 0) is 6.42 Å². The minimum absolute atomic E-state index is 0.555. The van der Waals surface area contributed by atoms with Crippen molar-refractivity contribution < 1.29 is 9.47 Å². The van der Waals surface area contributed by atoms with Crippen LogP contribution in [0.4, 0.5) is 0 Å². The fourth-order valence-corrected chi connectivity index (χ4v) is 2.71. The van der Waals surface area contributed by atoms with Crippen LogP contribution < -0.4 is 14.8 Å². The standard InChI is InChI=1S/C16H26N2O2/c1-4-20-15-6-5-14(12-16(15)19-3)11-13(2)18-9-7-17-8-10-18/h5-6,12-13,17H,4,7-11H2,1-3H3. The molecule has 4 nitrogen and oxygen atoms in total. The summed E-state index contributed by atoms with van der Waals surface area (Å²) in [6.45, 7) is 9.40. The van der Waals surface area contributed by atoms with Gasteiger partial charge in [-0.3, -0.25) is 4.90 Å². The molecule has 1 fully saturated rings. The van der Waals surface area contributed by atoms with Gasteiger partial charge >= 0.3 is 0 Å². The third kappa shape index (κ3) is 3.87. The van der Waals surface area contributed by atoms with Crippen LogP contribution in [0.15, 0.2) is 18.2 Å². The van der Waals surface area contributed by atoms with Crippen molar-refractivity contribution in [3.8, 4) is 11.5 Å². The topological polar surface area (TPSA) is 33.7 Å². The lowest BCUT2D eigenvalue weighted by Crippen LogP contribution is -2.48. The minimum Gasteiger partial charge on any atom is -0.493 e. The number of ether oxygens (including phenoxy) is 2. The van der Waals surface area contributed by atoms with Crippen molar-refractivity contribution in [2.45, 2.75) is 26.3 Å². The number of piperazine rings is 1. The average Bonchev–Trinajstić information content (AvgIpc) is 2.50. The maximum absolute atomic E-state index is 5.56. The molecule has 20 heavy (non-hydrogen) atoms. The van der Waals surface area contributed by atoms with Crippen LogP contribution in [0.1, 0.15) is 19.4 Å². The van der Waals surface area contributed by atoms with Gasteiger partial charge in [0.05, 0.1) is 13.7 Å². The Morgan fingerprint density at radius 1 is 1.25 bits per heavy atom. The van der Waals surface area contributed by atoms with E-state index >= 15 is 0 Å². The Morgan fingerprint density at radius 3 is 2.65 bits per heavy atom. The first-order chi connectivity index (χ1) is 9.74. The first-order valence-electron chi connectivity index (χ1n) is 7.49. The largest absolute Gasteiger partial charge is 0.493 e. The highest BCUT2D eigenvalue weighted by atomic mass is 16.5. The van der Waals surface area contributed by atoms with Crippen molar-refractivity contribution in [1.29, 1.82) is 0 Å². The molecule has 112 valence electrons. The summed E-state index contributed by atoms with van der Waals surface area (Å²) in [5.74, 6) is 1.66. The van der Waals surface area contributed by atoms with Gasteiger partial charge in [-0.1, -0.05) is 6.07 Å². The predicted molar refractivity (Wildman–Crippen MR) is 81.8 cm³/mol. The summed E-state index contributed by atoms with van der Waals surface area (Å²) < 4.78 is 11.0. The normalized spacial score (nSPS) is 17.8. The molecule has 1 atom stereocenters. The van der Waals surface area contributed by atoms with Gasteiger partial charge in [0.15, 0.2) is 11.5 Å². The number of rotatable bonds is 6. The van der Waals surface area contributed by atoms with E-state index in [1.807, 2.05) is 13.0 Å². The Morgan fingerprint density at radius 2 is 2.00 bits per heavy atom. The summed E-state index contributed by atoms with van der Waals surface area (Å²) in [6.07, 6.45) is 1.04. The van der Waals surface area contributed by atoms with E-state index in [-0.39, 0.29) is 0 Å². The SMILES string of the molecule is CCOc1ccc(CC(C)N2CCNCC2)cc1OC. The fraction of sp³-hybridized carbons (Fsp3) is 0.625. The molecule has 1 saturated heterocycles. The monoisotopic (exact) mass is 278 g/mol. The molecule has 0 amide bonds. The Balaban J connectivity index is 2.01. The van der Waals surface area contributed by atoms with Crippen molar-refractivity contribution in [2.24, 2.45) is 0 Å². The Bertz CT molecular complexity index is 417. The van der Waals surface area contributed by atoms with Gasteiger partial charge in [-0.2, -0.15) is 0 Å². The Kier molecular flexibility index (Phi) is 5.68. The zero-order valence-corrected chi connectivity index (χ0v) is 12.8. The molecule has 2 rings (SSSR count). The fourth-order valence-electron chi connectivity index (χ4n) is 2.71. The number of benzene rings is 1. The summed E-state index contributed by atoms with van der Waals surface area (Å²) in [6, 6.07) is 6.82. The molecule has 0 aromatic heterocycles. The highest BCUT2D eigenvalue weighted by Crippen LogP contribution is 2.28. The third-order valence-corrected chi connectivity index (χ3v) is 3.83. The molecule has 1 aromatic carbocycles. The summed E-state index contributed by atoms with van der Waals surface area (Å²) >= 11 is 0. The number of hydrogen-bond acceptors (Lipinski definition) is 4. The van der Waals surface area contributed by atoms with Gasteiger partial charge in [0.2, 0.25) is 0 Å². The maximum Gasteiger partial charge on any atom is 0.161 e. The van der Waals surface area contributed by atoms with Gasteiger partial charge in [0.25, 0.3) is 0 Å². The molecule has 0 saturated carbocycles. The van der Waals surface area contributed by atoms with Gasteiger partial charge in [-0.15, -0.1) is 0 Å². The average molecular weight is 278 g/mol. The van der Waals surface area contributed by atoms with Crippen LogP contribution >= 0.6 is 0 Å². The lowest BCUT2D eigenvalue weighted by atomic mass is 10.0. The summed E-state index contributed by atoms with van der Waals surface area (Å²) in [5, 5.41) is 3.40. The van der Waals surface area contributed by atoms with E-state index in [2.05, 4.69) is 29.3 Å². The van der Waals surface area contributed by atoms with E-state index < -0.39 is 0 Å². The molecule has 0 radical (unpaired) electrons. The first-order valence-corrected chi connectivity index (χ1v) is 7.49. The van der Waals surface area contributed by atoms with E-state index in [1.54, 1.807) is 7.11 Å². The van der Waals surface area contributed by atoms with E-state index in [0.29, 0.717) is 12.6 Å². The molecule has 0 bridgehead atoms. The number of nitrogens with one attached hydrogen (secondary N) is 1. The number of methoxy groups -OCH3 is 1. The predicted octanol–water partition coefficient (Wildman–Crippen LogP) is 1.93. The van der Waals surface area contributed by atoms with Gasteiger partial charge in [0.1, 0.15) is 0 Å². The first kappa shape index (κ1) is 15.1. The third-order valence-electron chi connectivity index (χ3n) is 3.83. The molecule has 4 heteroatoms. The van der Waals surface area contributed by atoms with Crippen LogP contribution in [0.3, 0.4) is 0 Å². The van der Waals surface area contributed by atoms with Crippen molar-refractivity contribution >= 4 is 0 Å². The Labute approximate surface area is 122 Å². The molecule has 1 aliphatic heterocycles. The lowest BCUT2D eigenvalue weighted by Gasteiger charge is -2.33. The van der Waals surface area contributed by atoms with Crippen molar-refractivity contribution in [3.63, 3.8) is 0 Å². The van der Waals surface area contributed by atoms with Crippen LogP contribution in [0.2, 0.25) is 0 Å². The quantitative estimate of drug-likeness (QED) is 0.862. The van der Waals surface area contributed by atoms with E-state index in [9.17, 15) is 0 Å². The van der Waals surface area contributed by atoms with Crippen molar-refractivity contribution in [1.82, 2.24) is 10.2 Å². The molecule has 0 spiro atoms. The van der Waals surface area contributed by atoms with E-state index in [1.165, 1.54) is 5.56 Å². The summed E-state index contributed by atoms with van der Waals surface area (Å²) in [5.41, 5.74) is 1.30. The zero-order chi connectivity index (χ0) is 14.4. The maximum atomic E-state index is 5.56. The summed E-state index contributed by atoms with van der Waals surface area (Å²) in [4.78, 5) is 2.54. The molecule has 1 unspecified atom stereocenters.